The summed E-state index contributed by atoms with van der Waals surface area (Å²) in [7, 11) is 1.70. The minimum Gasteiger partial charge on any atom is -0.494 e. The van der Waals surface area contributed by atoms with E-state index in [4.69, 9.17) is 9.73 Å². The van der Waals surface area contributed by atoms with Crippen LogP contribution in [0.4, 0.5) is 0 Å². The van der Waals surface area contributed by atoms with Gasteiger partial charge in [0.1, 0.15) is 5.75 Å². The van der Waals surface area contributed by atoms with Gasteiger partial charge in [-0.1, -0.05) is 58.8 Å². The molecule has 0 amide bonds. The second-order valence-electron chi connectivity index (χ2n) is 7.00. The molecule has 0 aliphatic rings. The molecule has 0 aliphatic carbocycles. The molecule has 144 valence electrons. The van der Waals surface area contributed by atoms with Crippen LogP contribution in [-0.2, 0) is 0 Å². The van der Waals surface area contributed by atoms with Crippen LogP contribution in [0, 0.1) is 0 Å². The minimum atomic E-state index is 0.396. The van der Waals surface area contributed by atoms with Crippen molar-refractivity contribution in [1.82, 2.24) is 9.97 Å². The molecule has 4 nitrogen and oxygen atoms in total. The largest absolute Gasteiger partial charge is 0.494 e. The number of nitrogens with zero attached hydrogens (tertiary/aromatic N) is 1. The number of nitrogens with one attached hydrogen (secondary N) is 2. The molecule has 4 heteroatoms. The van der Waals surface area contributed by atoms with Crippen LogP contribution in [0.5, 0.6) is 5.75 Å². The molecular formula is C22H35N3O. The van der Waals surface area contributed by atoms with Crippen molar-refractivity contribution in [3.63, 3.8) is 0 Å². The monoisotopic (exact) mass is 357 g/mol. The molecule has 2 aromatic heterocycles. The number of aromatic amines is 2. The Labute approximate surface area is 158 Å². The van der Waals surface area contributed by atoms with E-state index in [1.807, 2.05) is 30.6 Å². The maximum Gasteiger partial charge on any atom is 0.146 e. The maximum absolute atomic E-state index is 5.50. The fourth-order valence-corrected chi connectivity index (χ4v) is 3.26. The normalized spacial score (nSPS) is 12.7. The van der Waals surface area contributed by atoms with Crippen molar-refractivity contribution in [3.8, 4) is 17.1 Å². The molecular weight excluding hydrogens is 322 g/mol. The summed E-state index contributed by atoms with van der Waals surface area (Å²) < 4.78 is 5.50. The molecule has 0 aliphatic heterocycles. The van der Waals surface area contributed by atoms with Gasteiger partial charge in [-0.3, -0.25) is 4.99 Å². The first-order valence-electron chi connectivity index (χ1n) is 10.2. The molecule has 1 atom stereocenters. The summed E-state index contributed by atoms with van der Waals surface area (Å²) in [5.41, 5.74) is 3.02. The summed E-state index contributed by atoms with van der Waals surface area (Å²) >= 11 is 0. The smallest absolute Gasteiger partial charge is 0.146 e. The average molecular weight is 358 g/mol. The van der Waals surface area contributed by atoms with E-state index < -0.39 is 0 Å². The van der Waals surface area contributed by atoms with Gasteiger partial charge in [0.15, 0.2) is 0 Å². The van der Waals surface area contributed by atoms with Gasteiger partial charge in [0, 0.05) is 24.5 Å². The molecule has 0 bridgehead atoms. The Morgan fingerprint density at radius 2 is 1.85 bits per heavy atom. The Bertz CT molecular complexity index is 628. The third-order valence-electron chi connectivity index (χ3n) is 4.94. The Morgan fingerprint density at radius 1 is 1.08 bits per heavy atom. The summed E-state index contributed by atoms with van der Waals surface area (Å²) in [6.45, 7) is 4.49. The van der Waals surface area contributed by atoms with E-state index >= 15 is 0 Å². The number of hydrogen-bond acceptors (Lipinski definition) is 2. The van der Waals surface area contributed by atoms with Crippen molar-refractivity contribution in [2.75, 3.05) is 7.11 Å². The first-order valence-corrected chi connectivity index (χ1v) is 10.2. The van der Waals surface area contributed by atoms with Crippen molar-refractivity contribution >= 4 is 6.21 Å². The Morgan fingerprint density at radius 3 is 2.50 bits per heavy atom. The van der Waals surface area contributed by atoms with Gasteiger partial charge < -0.3 is 14.7 Å². The lowest BCUT2D eigenvalue weighted by Crippen LogP contribution is -2.03. The van der Waals surface area contributed by atoms with Gasteiger partial charge in [-0.05, 0) is 25.0 Å². The summed E-state index contributed by atoms with van der Waals surface area (Å²) in [5.74, 6) is 0.837. The molecule has 0 aromatic carbocycles. The molecule has 0 spiro atoms. The minimum absolute atomic E-state index is 0.396. The zero-order valence-electron chi connectivity index (χ0n) is 16.7. The van der Waals surface area contributed by atoms with Crippen molar-refractivity contribution in [3.05, 3.63) is 30.1 Å². The van der Waals surface area contributed by atoms with Crippen LogP contribution < -0.4 is 4.74 Å². The molecule has 2 heterocycles. The summed E-state index contributed by atoms with van der Waals surface area (Å²) in [5, 5.41) is 0. The quantitative estimate of drug-likeness (QED) is 0.318. The lowest BCUT2D eigenvalue weighted by molar-refractivity contribution is 0.414. The van der Waals surface area contributed by atoms with Crippen LogP contribution in [-0.4, -0.2) is 29.3 Å². The highest BCUT2D eigenvalue weighted by molar-refractivity contribution is 5.83. The highest BCUT2D eigenvalue weighted by Crippen LogP contribution is 2.25. The summed E-state index contributed by atoms with van der Waals surface area (Å²) in [6, 6.07) is 6.45. The van der Waals surface area contributed by atoms with Crippen molar-refractivity contribution < 1.29 is 4.74 Å². The predicted octanol–water partition coefficient (Wildman–Crippen LogP) is 6.36. The third kappa shape index (κ3) is 6.40. The van der Waals surface area contributed by atoms with Crippen LogP contribution in [0.1, 0.15) is 77.3 Å². The average Bonchev–Trinajstić information content (AvgIpc) is 3.32. The molecule has 2 rings (SSSR count). The Hall–Kier alpha value is -1.97. The molecule has 2 N–H and O–H groups in total. The highest BCUT2D eigenvalue weighted by atomic mass is 16.5. The van der Waals surface area contributed by atoms with Crippen molar-refractivity contribution in [1.29, 1.82) is 0 Å². The number of rotatable bonds is 13. The molecule has 1 unspecified atom stereocenters. The van der Waals surface area contributed by atoms with Crippen molar-refractivity contribution in [2.45, 2.75) is 77.7 Å². The SMILES string of the molecule is CCCCCCCCCC(CC)N=Cc1[nH]c(-c2ccc[nH]2)cc1OC. The summed E-state index contributed by atoms with van der Waals surface area (Å²) in [4.78, 5) is 11.4. The van der Waals surface area contributed by atoms with E-state index in [1.54, 1.807) is 7.11 Å². The van der Waals surface area contributed by atoms with E-state index in [0.717, 1.165) is 29.3 Å². The molecule has 26 heavy (non-hydrogen) atoms. The molecule has 2 aromatic rings. The standard InChI is InChI=1S/C22H35N3O/c1-4-6-7-8-9-10-11-13-18(5-2)24-17-21-22(26-3)16-20(25-21)19-14-12-15-23-19/h12,14-18,23,25H,4-11,13H2,1-3H3. The number of ether oxygens (including phenoxy) is 1. The van der Waals surface area contributed by atoms with Crippen LogP contribution in [0.25, 0.3) is 11.4 Å². The predicted molar refractivity (Wildman–Crippen MR) is 111 cm³/mol. The van der Waals surface area contributed by atoms with E-state index in [-0.39, 0.29) is 0 Å². The molecule has 0 fully saturated rings. The van der Waals surface area contributed by atoms with Crippen LogP contribution in [0.15, 0.2) is 29.4 Å². The number of aromatic nitrogens is 2. The lowest BCUT2D eigenvalue weighted by Gasteiger charge is -2.09. The topological polar surface area (TPSA) is 53.2 Å². The van der Waals surface area contributed by atoms with E-state index in [1.165, 1.54) is 51.4 Å². The molecule has 0 saturated carbocycles. The van der Waals surface area contributed by atoms with Crippen LogP contribution in [0.2, 0.25) is 0 Å². The third-order valence-corrected chi connectivity index (χ3v) is 4.94. The van der Waals surface area contributed by atoms with Gasteiger partial charge in [-0.2, -0.15) is 0 Å². The Balaban J connectivity index is 1.84. The van der Waals surface area contributed by atoms with Gasteiger partial charge in [-0.25, -0.2) is 0 Å². The maximum atomic E-state index is 5.50. The molecule has 0 radical (unpaired) electrons. The van der Waals surface area contributed by atoms with E-state index in [9.17, 15) is 0 Å². The summed E-state index contributed by atoms with van der Waals surface area (Å²) in [6.07, 6.45) is 15.6. The fraction of sp³-hybridized carbons (Fsp3) is 0.591. The second-order valence-corrected chi connectivity index (χ2v) is 7.00. The zero-order chi connectivity index (χ0) is 18.6. The first-order chi connectivity index (χ1) is 12.8. The molecule has 0 saturated heterocycles. The van der Waals surface area contributed by atoms with Gasteiger partial charge in [-0.15, -0.1) is 0 Å². The number of unbranched alkanes of at least 4 members (excludes halogenated alkanes) is 6. The highest BCUT2D eigenvalue weighted by Gasteiger charge is 2.10. The second kappa shape index (κ2) is 11.6. The fourth-order valence-electron chi connectivity index (χ4n) is 3.26. The number of hydrogen-bond donors (Lipinski definition) is 2. The number of H-pyrrole nitrogens is 2. The van der Waals surface area contributed by atoms with Crippen molar-refractivity contribution in [2.24, 2.45) is 4.99 Å². The van der Waals surface area contributed by atoms with Gasteiger partial charge >= 0.3 is 0 Å². The van der Waals surface area contributed by atoms with E-state index in [2.05, 4.69) is 23.8 Å². The van der Waals surface area contributed by atoms with Gasteiger partial charge in [0.25, 0.3) is 0 Å². The van der Waals surface area contributed by atoms with E-state index in [0.29, 0.717) is 6.04 Å². The zero-order valence-corrected chi connectivity index (χ0v) is 16.7. The number of aliphatic imine (C=N–C) groups is 1. The van der Waals surface area contributed by atoms with Gasteiger partial charge in [0.05, 0.1) is 24.2 Å². The van der Waals surface area contributed by atoms with Crippen LogP contribution in [0.3, 0.4) is 0 Å². The Kier molecular flexibility index (Phi) is 9.08. The number of methoxy groups -OCH3 is 1. The van der Waals surface area contributed by atoms with Gasteiger partial charge in [0.2, 0.25) is 0 Å². The first kappa shape index (κ1) is 20.3. The lowest BCUT2D eigenvalue weighted by atomic mass is 10.0. The van der Waals surface area contributed by atoms with Crippen LogP contribution >= 0.6 is 0 Å².